The molecule has 0 saturated heterocycles. The predicted molar refractivity (Wildman–Crippen MR) is 96.1 cm³/mol. The predicted octanol–water partition coefficient (Wildman–Crippen LogP) is 2.08. The molecule has 2 aromatic heterocycles. The van der Waals surface area contributed by atoms with E-state index >= 15 is 0 Å². The fraction of sp³-hybridized carbons (Fsp3) is 0.412. The molecule has 0 unspecified atom stereocenters. The zero-order chi connectivity index (χ0) is 18.0. The third kappa shape index (κ3) is 4.07. The first-order valence-electron chi connectivity index (χ1n) is 8.19. The first-order chi connectivity index (χ1) is 11.9. The van der Waals surface area contributed by atoms with Crippen LogP contribution in [0.2, 0.25) is 0 Å². The van der Waals surface area contributed by atoms with Crippen LogP contribution in [0.15, 0.2) is 29.0 Å². The van der Waals surface area contributed by atoms with E-state index in [-0.39, 0.29) is 11.8 Å². The number of aromatic nitrogens is 3. The molecular formula is C17H20BrN5O2. The number of carbonyl (C=O) groups excluding carboxylic acids is 2. The van der Waals surface area contributed by atoms with Gasteiger partial charge in [-0.05, 0) is 34.0 Å². The average molecular weight is 406 g/mol. The van der Waals surface area contributed by atoms with Crippen molar-refractivity contribution >= 4 is 27.7 Å². The highest BCUT2D eigenvalue weighted by Crippen LogP contribution is 2.18. The molecule has 2 aromatic rings. The van der Waals surface area contributed by atoms with Gasteiger partial charge in [0, 0.05) is 30.0 Å². The number of hydrogen-bond acceptors (Lipinski definition) is 4. The number of amides is 2. The third-order valence-corrected chi connectivity index (χ3v) is 4.37. The molecule has 0 spiro atoms. The summed E-state index contributed by atoms with van der Waals surface area (Å²) in [6.07, 6.45) is 3.20. The number of carbonyl (C=O) groups is 2. The van der Waals surface area contributed by atoms with Crippen LogP contribution in [-0.2, 0) is 13.1 Å². The van der Waals surface area contributed by atoms with Gasteiger partial charge in [0.15, 0.2) is 5.69 Å². The standard InChI is InChI=1S/C17H20BrN5O2/c1-11(2)7-20-16(24)15-6-14-10-22(3-4-23(14)21-15)17(25)12-5-13(18)9-19-8-12/h5-6,8-9,11H,3-4,7,10H2,1-2H3,(H,20,24). The Hall–Kier alpha value is -2.22. The minimum atomic E-state index is -0.176. The van der Waals surface area contributed by atoms with Crippen LogP contribution in [-0.4, -0.2) is 44.6 Å². The minimum Gasteiger partial charge on any atom is -0.350 e. The van der Waals surface area contributed by atoms with Crippen LogP contribution in [0.25, 0.3) is 0 Å². The fourth-order valence-corrected chi connectivity index (χ4v) is 3.01. The van der Waals surface area contributed by atoms with E-state index in [1.165, 1.54) is 0 Å². The summed E-state index contributed by atoms with van der Waals surface area (Å²) in [6.45, 7) is 6.24. The molecule has 0 aromatic carbocycles. The van der Waals surface area contributed by atoms with E-state index in [2.05, 4.69) is 31.3 Å². The molecule has 7 nitrogen and oxygen atoms in total. The molecule has 8 heteroatoms. The van der Waals surface area contributed by atoms with Crippen LogP contribution >= 0.6 is 15.9 Å². The maximum atomic E-state index is 12.6. The van der Waals surface area contributed by atoms with Crippen LogP contribution in [0.4, 0.5) is 0 Å². The molecule has 0 saturated carbocycles. The van der Waals surface area contributed by atoms with Crippen molar-refractivity contribution in [2.75, 3.05) is 13.1 Å². The normalized spacial score (nSPS) is 13.7. The second kappa shape index (κ2) is 7.35. The molecule has 0 radical (unpaired) electrons. The van der Waals surface area contributed by atoms with Crippen LogP contribution < -0.4 is 5.32 Å². The van der Waals surface area contributed by atoms with E-state index < -0.39 is 0 Å². The largest absolute Gasteiger partial charge is 0.350 e. The third-order valence-electron chi connectivity index (χ3n) is 3.94. The Kier molecular flexibility index (Phi) is 5.17. The van der Waals surface area contributed by atoms with E-state index in [9.17, 15) is 9.59 Å². The smallest absolute Gasteiger partial charge is 0.271 e. The molecule has 1 aliphatic rings. The highest BCUT2D eigenvalue weighted by atomic mass is 79.9. The first kappa shape index (κ1) is 17.6. The summed E-state index contributed by atoms with van der Waals surface area (Å²) in [7, 11) is 0. The van der Waals surface area contributed by atoms with Crippen LogP contribution in [0.3, 0.4) is 0 Å². The van der Waals surface area contributed by atoms with Gasteiger partial charge in [0.25, 0.3) is 11.8 Å². The maximum absolute atomic E-state index is 12.6. The molecule has 132 valence electrons. The Bertz CT molecular complexity index is 802. The summed E-state index contributed by atoms with van der Waals surface area (Å²) >= 11 is 3.33. The Labute approximate surface area is 154 Å². The Morgan fingerprint density at radius 3 is 2.80 bits per heavy atom. The number of hydrogen-bond donors (Lipinski definition) is 1. The molecule has 0 atom stereocenters. The summed E-state index contributed by atoms with van der Waals surface area (Å²) in [4.78, 5) is 30.6. The molecule has 0 bridgehead atoms. The number of fused-ring (bicyclic) bond motifs is 1. The van der Waals surface area contributed by atoms with Gasteiger partial charge in [-0.1, -0.05) is 13.8 Å². The molecule has 0 fully saturated rings. The number of pyridine rings is 1. The van der Waals surface area contributed by atoms with E-state index in [1.807, 2.05) is 13.8 Å². The van der Waals surface area contributed by atoms with Gasteiger partial charge >= 0.3 is 0 Å². The zero-order valence-electron chi connectivity index (χ0n) is 14.2. The van der Waals surface area contributed by atoms with E-state index in [1.54, 1.807) is 34.1 Å². The van der Waals surface area contributed by atoms with Gasteiger partial charge in [-0.3, -0.25) is 19.3 Å². The number of rotatable bonds is 4. The summed E-state index contributed by atoms with van der Waals surface area (Å²) in [5.41, 5.74) is 1.79. The van der Waals surface area contributed by atoms with E-state index in [0.717, 1.165) is 10.2 Å². The summed E-state index contributed by atoms with van der Waals surface area (Å²) in [5.74, 6) is 0.129. The zero-order valence-corrected chi connectivity index (χ0v) is 15.8. The van der Waals surface area contributed by atoms with Gasteiger partial charge < -0.3 is 10.2 Å². The SMILES string of the molecule is CC(C)CNC(=O)c1cc2n(n1)CCN(C(=O)c1cncc(Br)c1)C2. The van der Waals surface area contributed by atoms with Crippen molar-refractivity contribution in [3.05, 3.63) is 46.0 Å². The molecular weight excluding hydrogens is 386 g/mol. The monoisotopic (exact) mass is 405 g/mol. The quantitative estimate of drug-likeness (QED) is 0.843. The van der Waals surface area contributed by atoms with Crippen LogP contribution in [0.5, 0.6) is 0 Å². The Morgan fingerprint density at radius 2 is 2.08 bits per heavy atom. The van der Waals surface area contributed by atoms with Gasteiger partial charge in [-0.25, -0.2) is 0 Å². The molecule has 1 aliphatic heterocycles. The highest BCUT2D eigenvalue weighted by molar-refractivity contribution is 9.10. The second-order valence-electron chi connectivity index (χ2n) is 6.47. The van der Waals surface area contributed by atoms with Gasteiger partial charge in [0.2, 0.25) is 0 Å². The highest BCUT2D eigenvalue weighted by Gasteiger charge is 2.25. The number of nitrogens with one attached hydrogen (secondary N) is 1. The minimum absolute atomic E-state index is 0.0768. The van der Waals surface area contributed by atoms with Crippen molar-refractivity contribution in [3.8, 4) is 0 Å². The molecule has 3 heterocycles. The van der Waals surface area contributed by atoms with Crippen LogP contribution in [0, 0.1) is 5.92 Å². The van der Waals surface area contributed by atoms with Crippen molar-refractivity contribution in [1.29, 1.82) is 0 Å². The summed E-state index contributed by atoms with van der Waals surface area (Å²) < 4.78 is 2.57. The van der Waals surface area contributed by atoms with Gasteiger partial charge in [0.1, 0.15) is 0 Å². The van der Waals surface area contributed by atoms with Crippen molar-refractivity contribution < 1.29 is 9.59 Å². The lowest BCUT2D eigenvalue weighted by Crippen LogP contribution is -2.38. The van der Waals surface area contributed by atoms with E-state index in [4.69, 9.17) is 0 Å². The number of halogens is 1. The molecule has 25 heavy (non-hydrogen) atoms. The molecule has 0 aliphatic carbocycles. The summed E-state index contributed by atoms with van der Waals surface area (Å²) in [5, 5.41) is 7.22. The fourth-order valence-electron chi connectivity index (χ4n) is 2.65. The maximum Gasteiger partial charge on any atom is 0.271 e. The van der Waals surface area contributed by atoms with Crippen molar-refractivity contribution in [2.24, 2.45) is 5.92 Å². The van der Waals surface area contributed by atoms with Gasteiger partial charge in [0.05, 0.1) is 24.3 Å². The Morgan fingerprint density at radius 1 is 1.28 bits per heavy atom. The van der Waals surface area contributed by atoms with Gasteiger partial charge in [-0.15, -0.1) is 0 Å². The second-order valence-corrected chi connectivity index (χ2v) is 7.38. The van der Waals surface area contributed by atoms with Crippen LogP contribution in [0.1, 0.15) is 40.4 Å². The van der Waals surface area contributed by atoms with Gasteiger partial charge in [-0.2, -0.15) is 5.10 Å². The lowest BCUT2D eigenvalue weighted by Gasteiger charge is -2.27. The van der Waals surface area contributed by atoms with Crippen molar-refractivity contribution in [2.45, 2.75) is 26.9 Å². The van der Waals surface area contributed by atoms with Crippen molar-refractivity contribution in [3.63, 3.8) is 0 Å². The lowest BCUT2D eigenvalue weighted by atomic mass is 10.2. The average Bonchev–Trinajstić information content (AvgIpc) is 3.02. The lowest BCUT2D eigenvalue weighted by molar-refractivity contribution is 0.0705. The Balaban J connectivity index is 1.71. The molecule has 1 N–H and O–H groups in total. The number of nitrogens with zero attached hydrogens (tertiary/aromatic N) is 4. The summed E-state index contributed by atoms with van der Waals surface area (Å²) in [6, 6.07) is 3.51. The van der Waals surface area contributed by atoms with E-state index in [0.29, 0.717) is 43.4 Å². The first-order valence-corrected chi connectivity index (χ1v) is 8.98. The topological polar surface area (TPSA) is 80.1 Å². The molecule has 3 rings (SSSR count). The van der Waals surface area contributed by atoms with Crippen molar-refractivity contribution in [1.82, 2.24) is 25.0 Å². The molecule has 2 amide bonds.